The number of hydrogen-bond acceptors (Lipinski definition) is 4. The lowest BCUT2D eigenvalue weighted by atomic mass is 10.2. The molecule has 0 aliphatic carbocycles. The maximum atomic E-state index is 12.9. The van der Waals surface area contributed by atoms with Gasteiger partial charge < -0.3 is 5.32 Å². The van der Waals surface area contributed by atoms with Crippen molar-refractivity contribution in [2.45, 2.75) is 24.2 Å². The summed E-state index contributed by atoms with van der Waals surface area (Å²) in [4.78, 5) is 17.2. The van der Waals surface area contributed by atoms with Crippen LogP contribution in [-0.2, 0) is 10.0 Å². The van der Waals surface area contributed by atoms with Gasteiger partial charge in [-0.2, -0.15) is 4.31 Å². The molecule has 1 fully saturated rings. The van der Waals surface area contributed by atoms with Crippen LogP contribution in [0.1, 0.15) is 29.6 Å². The molecule has 3 aromatic rings. The number of piperidine rings is 1. The van der Waals surface area contributed by atoms with Gasteiger partial charge in [-0.05, 0) is 43.2 Å². The second-order valence-corrected chi connectivity index (χ2v) is 9.32. The Bertz CT molecular complexity index is 1170. The monoisotopic (exact) mass is 429 g/mol. The number of carbonyl (C=O) groups is 1. The number of aromatic nitrogens is 1. The average Bonchev–Trinajstić information content (AvgIpc) is 2.74. The molecule has 4 rings (SSSR count). The average molecular weight is 430 g/mol. The number of nitrogens with zero attached hydrogens (tertiary/aromatic N) is 2. The van der Waals surface area contributed by atoms with E-state index in [0.717, 1.165) is 30.2 Å². The van der Waals surface area contributed by atoms with E-state index < -0.39 is 15.9 Å². The zero-order chi connectivity index (χ0) is 20.4. The molecule has 0 spiro atoms. The van der Waals surface area contributed by atoms with Gasteiger partial charge in [-0.3, -0.25) is 9.78 Å². The molecule has 6 nitrogen and oxygen atoms in total. The third-order valence-corrected chi connectivity index (χ3v) is 7.21. The minimum Gasteiger partial charge on any atom is -0.321 e. The molecule has 8 heteroatoms. The SMILES string of the molecule is O=C(Nc1cnc2ccccc2c1)c1cc(S(=O)(=O)N2CCCCC2)ccc1Cl. The Kier molecular flexibility index (Phi) is 5.54. The highest BCUT2D eigenvalue weighted by atomic mass is 35.5. The summed E-state index contributed by atoms with van der Waals surface area (Å²) in [5, 5.41) is 3.83. The summed E-state index contributed by atoms with van der Waals surface area (Å²) in [5.41, 5.74) is 1.44. The number of halogens is 1. The van der Waals surface area contributed by atoms with Crippen molar-refractivity contribution in [1.29, 1.82) is 0 Å². The molecular formula is C21H20ClN3O3S. The van der Waals surface area contributed by atoms with Crippen LogP contribution >= 0.6 is 11.6 Å². The number of hydrogen-bond donors (Lipinski definition) is 1. The molecule has 1 amide bonds. The van der Waals surface area contributed by atoms with Crippen LogP contribution in [-0.4, -0.2) is 36.7 Å². The highest BCUT2D eigenvalue weighted by Gasteiger charge is 2.27. The molecule has 1 N–H and O–H groups in total. The van der Waals surface area contributed by atoms with Crippen LogP contribution in [0.15, 0.2) is 59.6 Å². The molecule has 1 aliphatic heterocycles. The topological polar surface area (TPSA) is 79.4 Å². The smallest absolute Gasteiger partial charge is 0.257 e. The number of para-hydroxylation sites is 1. The van der Waals surface area contributed by atoms with E-state index in [2.05, 4.69) is 10.3 Å². The first kappa shape index (κ1) is 19.8. The molecule has 0 saturated carbocycles. The summed E-state index contributed by atoms with van der Waals surface area (Å²) in [7, 11) is -3.65. The molecule has 150 valence electrons. The normalized spacial score (nSPS) is 15.3. The van der Waals surface area contributed by atoms with Gasteiger partial charge in [0.25, 0.3) is 5.91 Å². The van der Waals surface area contributed by atoms with Crippen molar-refractivity contribution in [3.63, 3.8) is 0 Å². The van der Waals surface area contributed by atoms with Crippen LogP contribution in [0.3, 0.4) is 0 Å². The van der Waals surface area contributed by atoms with Crippen LogP contribution in [0.2, 0.25) is 5.02 Å². The molecule has 1 aliphatic rings. The van der Waals surface area contributed by atoms with Gasteiger partial charge in [-0.1, -0.05) is 36.2 Å². The van der Waals surface area contributed by atoms with Gasteiger partial charge in [0, 0.05) is 18.5 Å². The van der Waals surface area contributed by atoms with Crippen LogP contribution in [0.5, 0.6) is 0 Å². The van der Waals surface area contributed by atoms with E-state index in [4.69, 9.17) is 11.6 Å². The Morgan fingerprint density at radius 2 is 1.79 bits per heavy atom. The van der Waals surface area contributed by atoms with Gasteiger partial charge in [0.15, 0.2) is 0 Å². The number of pyridine rings is 1. The Morgan fingerprint density at radius 1 is 1.03 bits per heavy atom. The molecule has 0 radical (unpaired) electrons. The zero-order valence-corrected chi connectivity index (χ0v) is 17.2. The number of rotatable bonds is 4. The summed E-state index contributed by atoms with van der Waals surface area (Å²) in [5.74, 6) is -0.484. The zero-order valence-electron chi connectivity index (χ0n) is 15.6. The van der Waals surface area contributed by atoms with Crippen molar-refractivity contribution in [2.75, 3.05) is 18.4 Å². The predicted molar refractivity (Wildman–Crippen MR) is 114 cm³/mol. The number of fused-ring (bicyclic) bond motifs is 1. The largest absolute Gasteiger partial charge is 0.321 e. The summed E-state index contributed by atoms with van der Waals surface area (Å²) >= 11 is 6.20. The molecule has 1 saturated heterocycles. The van der Waals surface area contributed by atoms with Crippen LogP contribution < -0.4 is 5.32 Å². The number of benzene rings is 2. The quantitative estimate of drug-likeness (QED) is 0.670. The number of anilines is 1. The van der Waals surface area contributed by atoms with E-state index in [1.165, 1.54) is 22.5 Å². The fourth-order valence-electron chi connectivity index (χ4n) is 3.43. The first-order valence-corrected chi connectivity index (χ1v) is 11.2. The van der Waals surface area contributed by atoms with Gasteiger partial charge in [0.2, 0.25) is 10.0 Å². The van der Waals surface area contributed by atoms with Gasteiger partial charge >= 0.3 is 0 Å². The van der Waals surface area contributed by atoms with Gasteiger partial charge in [0.05, 0.1) is 32.9 Å². The second kappa shape index (κ2) is 8.10. The first-order chi connectivity index (χ1) is 13.9. The number of carbonyl (C=O) groups excluding carboxylic acids is 1. The summed E-state index contributed by atoms with van der Waals surface area (Å²) in [6.45, 7) is 0.991. The van der Waals surface area contributed by atoms with Gasteiger partial charge in [0.1, 0.15) is 0 Å². The van der Waals surface area contributed by atoms with Crippen molar-refractivity contribution in [1.82, 2.24) is 9.29 Å². The van der Waals surface area contributed by atoms with E-state index in [1.807, 2.05) is 30.3 Å². The van der Waals surface area contributed by atoms with E-state index in [-0.39, 0.29) is 15.5 Å². The maximum Gasteiger partial charge on any atom is 0.257 e. The Hall–Kier alpha value is -2.48. The second-order valence-electron chi connectivity index (χ2n) is 6.98. The Morgan fingerprint density at radius 3 is 2.59 bits per heavy atom. The van der Waals surface area contributed by atoms with Crippen LogP contribution in [0.4, 0.5) is 5.69 Å². The Labute approximate surface area is 174 Å². The van der Waals surface area contributed by atoms with E-state index in [0.29, 0.717) is 18.8 Å². The van der Waals surface area contributed by atoms with E-state index in [9.17, 15) is 13.2 Å². The highest BCUT2D eigenvalue weighted by molar-refractivity contribution is 7.89. The van der Waals surface area contributed by atoms with Gasteiger partial charge in [-0.25, -0.2) is 8.42 Å². The molecule has 0 bridgehead atoms. The molecule has 2 heterocycles. The number of nitrogens with one attached hydrogen (secondary N) is 1. The fraction of sp³-hybridized carbons (Fsp3) is 0.238. The molecule has 0 unspecified atom stereocenters. The number of amides is 1. The maximum absolute atomic E-state index is 12.9. The third-order valence-electron chi connectivity index (χ3n) is 4.98. The first-order valence-electron chi connectivity index (χ1n) is 9.41. The Balaban J connectivity index is 1.61. The van der Waals surface area contributed by atoms with E-state index in [1.54, 1.807) is 6.20 Å². The van der Waals surface area contributed by atoms with E-state index >= 15 is 0 Å². The minimum atomic E-state index is -3.65. The molecular weight excluding hydrogens is 410 g/mol. The molecule has 29 heavy (non-hydrogen) atoms. The van der Waals surface area contributed by atoms with Crippen molar-refractivity contribution in [2.24, 2.45) is 0 Å². The molecule has 1 aromatic heterocycles. The van der Waals surface area contributed by atoms with Crippen molar-refractivity contribution < 1.29 is 13.2 Å². The fourth-order valence-corrected chi connectivity index (χ4v) is 5.18. The molecule has 0 atom stereocenters. The number of sulfonamides is 1. The van der Waals surface area contributed by atoms with Crippen LogP contribution in [0, 0.1) is 0 Å². The van der Waals surface area contributed by atoms with Gasteiger partial charge in [-0.15, -0.1) is 0 Å². The lowest BCUT2D eigenvalue weighted by molar-refractivity contribution is 0.102. The van der Waals surface area contributed by atoms with Crippen LogP contribution in [0.25, 0.3) is 10.9 Å². The summed E-state index contributed by atoms with van der Waals surface area (Å²) < 4.78 is 27.3. The minimum absolute atomic E-state index is 0.0746. The highest BCUT2D eigenvalue weighted by Crippen LogP contribution is 2.26. The molecule has 2 aromatic carbocycles. The summed E-state index contributed by atoms with van der Waals surface area (Å²) in [6, 6.07) is 13.6. The predicted octanol–water partition coefficient (Wildman–Crippen LogP) is 4.32. The third kappa shape index (κ3) is 4.12. The van der Waals surface area contributed by atoms with Crippen molar-refractivity contribution in [3.05, 3.63) is 65.3 Å². The lowest BCUT2D eigenvalue weighted by Crippen LogP contribution is -2.35. The van der Waals surface area contributed by atoms with Crippen molar-refractivity contribution >= 4 is 44.1 Å². The van der Waals surface area contributed by atoms with Crippen molar-refractivity contribution in [3.8, 4) is 0 Å². The standard InChI is InChI=1S/C21H20ClN3O3S/c22-19-9-8-17(29(27,28)25-10-4-1-5-11-25)13-18(19)21(26)24-16-12-15-6-2-3-7-20(15)23-14-16/h2-3,6-9,12-14H,1,4-5,10-11H2,(H,24,26). The summed E-state index contributed by atoms with van der Waals surface area (Å²) in [6.07, 6.45) is 4.27. The lowest BCUT2D eigenvalue weighted by Gasteiger charge is -2.26.